The molecule has 162 valence electrons. The Bertz CT molecular complexity index is 1260. The van der Waals surface area contributed by atoms with Gasteiger partial charge in [-0.05, 0) is 36.2 Å². The lowest BCUT2D eigenvalue weighted by Crippen LogP contribution is -2.19. The van der Waals surface area contributed by atoms with E-state index in [2.05, 4.69) is 38.7 Å². The third kappa shape index (κ3) is 3.66. The van der Waals surface area contributed by atoms with Crippen LogP contribution >= 0.6 is 0 Å². The summed E-state index contributed by atoms with van der Waals surface area (Å²) in [5.41, 5.74) is 3.22. The van der Waals surface area contributed by atoms with Gasteiger partial charge in [-0.2, -0.15) is 4.98 Å². The van der Waals surface area contributed by atoms with E-state index in [0.29, 0.717) is 24.8 Å². The molecule has 1 aliphatic heterocycles. The number of nitrogens with one attached hydrogen (secondary N) is 1. The van der Waals surface area contributed by atoms with Gasteiger partial charge >= 0.3 is 6.01 Å². The Morgan fingerprint density at radius 1 is 0.938 bits per heavy atom. The molecule has 0 bridgehead atoms. The molecule has 2 heterocycles. The Balaban J connectivity index is 1.68. The van der Waals surface area contributed by atoms with E-state index in [-0.39, 0.29) is 6.01 Å². The van der Waals surface area contributed by atoms with Crippen LogP contribution in [0.25, 0.3) is 22.0 Å². The first kappa shape index (κ1) is 20.1. The molecular formula is C25H24N4O3. The van der Waals surface area contributed by atoms with Crippen LogP contribution in [-0.2, 0) is 0 Å². The first-order valence-electron chi connectivity index (χ1n) is 10.8. The molecule has 1 N–H and O–H groups in total. The van der Waals surface area contributed by atoms with Gasteiger partial charge in [-0.3, -0.25) is 0 Å². The Kier molecular flexibility index (Phi) is 5.46. The van der Waals surface area contributed by atoms with E-state index in [1.807, 2.05) is 56.3 Å². The number of hydrogen-bond acceptors (Lipinski definition) is 7. The summed E-state index contributed by atoms with van der Waals surface area (Å²) in [5.74, 6) is 1.12. The SMILES string of the molecule is CCCOc1nnc2c(n1)OC(c1c(OCC)ccc3ccccc13)Nc1ccccc1-2. The minimum absolute atomic E-state index is 0.201. The molecule has 0 saturated heterocycles. The average Bonchev–Trinajstić information content (AvgIpc) is 2.99. The summed E-state index contributed by atoms with van der Waals surface area (Å²) in [4.78, 5) is 4.54. The number of fused-ring (bicyclic) bond motifs is 4. The molecule has 0 fully saturated rings. The van der Waals surface area contributed by atoms with Crippen LogP contribution in [0.5, 0.6) is 17.6 Å². The summed E-state index contributed by atoms with van der Waals surface area (Å²) in [5, 5.41) is 14.2. The van der Waals surface area contributed by atoms with E-state index in [4.69, 9.17) is 14.2 Å². The zero-order valence-corrected chi connectivity index (χ0v) is 18.0. The number of nitrogens with zero attached hydrogens (tertiary/aromatic N) is 3. The minimum Gasteiger partial charge on any atom is -0.493 e. The molecule has 4 aromatic rings. The summed E-state index contributed by atoms with van der Waals surface area (Å²) in [7, 11) is 0. The smallest absolute Gasteiger partial charge is 0.339 e. The van der Waals surface area contributed by atoms with Gasteiger partial charge in [0.25, 0.3) is 0 Å². The summed E-state index contributed by atoms with van der Waals surface area (Å²) in [6.45, 7) is 5.05. The normalized spacial score (nSPS) is 14.5. The Morgan fingerprint density at radius 3 is 2.66 bits per heavy atom. The van der Waals surface area contributed by atoms with Crippen molar-refractivity contribution < 1.29 is 14.2 Å². The maximum absolute atomic E-state index is 6.46. The van der Waals surface area contributed by atoms with Crippen LogP contribution in [0, 0.1) is 0 Å². The monoisotopic (exact) mass is 428 g/mol. The first-order valence-corrected chi connectivity index (χ1v) is 10.8. The molecule has 7 heteroatoms. The quantitative estimate of drug-likeness (QED) is 0.441. The van der Waals surface area contributed by atoms with Gasteiger partial charge < -0.3 is 19.5 Å². The van der Waals surface area contributed by atoms with Crippen LogP contribution < -0.4 is 19.5 Å². The van der Waals surface area contributed by atoms with E-state index in [0.717, 1.165) is 39.8 Å². The van der Waals surface area contributed by atoms with Crippen molar-refractivity contribution in [3.05, 3.63) is 66.2 Å². The summed E-state index contributed by atoms with van der Waals surface area (Å²) < 4.78 is 18.1. The Hall–Kier alpha value is -3.87. The van der Waals surface area contributed by atoms with Crippen molar-refractivity contribution in [3.63, 3.8) is 0 Å². The van der Waals surface area contributed by atoms with Crippen molar-refractivity contribution in [2.24, 2.45) is 0 Å². The van der Waals surface area contributed by atoms with Gasteiger partial charge in [0.05, 0.1) is 18.8 Å². The Labute approximate surface area is 186 Å². The lowest BCUT2D eigenvalue weighted by atomic mass is 10.0. The van der Waals surface area contributed by atoms with E-state index < -0.39 is 6.23 Å². The molecular weight excluding hydrogens is 404 g/mol. The van der Waals surface area contributed by atoms with Crippen LogP contribution in [0.2, 0.25) is 0 Å². The number of anilines is 1. The molecule has 1 aromatic heterocycles. The molecule has 7 nitrogen and oxygen atoms in total. The second kappa shape index (κ2) is 8.70. The van der Waals surface area contributed by atoms with Crippen LogP contribution in [0.15, 0.2) is 60.7 Å². The van der Waals surface area contributed by atoms with Crippen LogP contribution in [0.4, 0.5) is 5.69 Å². The molecule has 32 heavy (non-hydrogen) atoms. The van der Waals surface area contributed by atoms with E-state index in [1.54, 1.807) is 0 Å². The van der Waals surface area contributed by atoms with E-state index in [9.17, 15) is 0 Å². The van der Waals surface area contributed by atoms with Crippen molar-refractivity contribution in [3.8, 4) is 28.9 Å². The number of para-hydroxylation sites is 1. The maximum Gasteiger partial charge on any atom is 0.339 e. The summed E-state index contributed by atoms with van der Waals surface area (Å²) in [6, 6.07) is 20.3. The van der Waals surface area contributed by atoms with Crippen LogP contribution in [-0.4, -0.2) is 28.4 Å². The number of hydrogen-bond donors (Lipinski definition) is 1. The van der Waals surface area contributed by atoms with Crippen LogP contribution in [0.1, 0.15) is 32.1 Å². The minimum atomic E-state index is -0.555. The van der Waals surface area contributed by atoms with Gasteiger partial charge in [-0.25, -0.2) is 0 Å². The molecule has 0 radical (unpaired) electrons. The fraction of sp³-hybridized carbons (Fsp3) is 0.240. The molecule has 0 spiro atoms. The number of benzene rings is 3. The number of rotatable bonds is 6. The lowest BCUT2D eigenvalue weighted by Gasteiger charge is -2.23. The lowest BCUT2D eigenvalue weighted by molar-refractivity contribution is 0.213. The van der Waals surface area contributed by atoms with Crippen molar-refractivity contribution in [2.75, 3.05) is 18.5 Å². The molecule has 0 aliphatic carbocycles. The van der Waals surface area contributed by atoms with Gasteiger partial charge in [-0.15, -0.1) is 5.10 Å². The zero-order valence-electron chi connectivity index (χ0n) is 18.0. The number of aromatic nitrogens is 3. The fourth-order valence-electron chi connectivity index (χ4n) is 3.86. The fourth-order valence-corrected chi connectivity index (χ4v) is 3.86. The molecule has 3 aromatic carbocycles. The van der Waals surface area contributed by atoms with Gasteiger partial charge in [0.1, 0.15) is 5.75 Å². The molecule has 1 aliphatic rings. The highest BCUT2D eigenvalue weighted by Gasteiger charge is 2.29. The van der Waals surface area contributed by atoms with Gasteiger partial charge in [0, 0.05) is 11.3 Å². The standard InChI is InChI=1S/C25H24N4O3/c1-3-15-31-25-27-24-22(28-29-25)18-11-7-8-12-19(18)26-23(32-24)21-17-10-6-5-9-16(17)13-14-20(21)30-4-2/h5-14,23,26H,3-4,15H2,1-2H3. The first-order chi connectivity index (χ1) is 15.8. The molecule has 0 saturated carbocycles. The zero-order chi connectivity index (χ0) is 21.9. The second-order valence-electron chi connectivity index (χ2n) is 7.42. The Morgan fingerprint density at radius 2 is 1.78 bits per heavy atom. The second-order valence-corrected chi connectivity index (χ2v) is 7.42. The number of ether oxygens (including phenoxy) is 3. The topological polar surface area (TPSA) is 78.4 Å². The highest BCUT2D eigenvalue weighted by Crippen LogP contribution is 2.43. The van der Waals surface area contributed by atoms with Crippen molar-refractivity contribution in [2.45, 2.75) is 26.5 Å². The third-order valence-corrected chi connectivity index (χ3v) is 5.26. The van der Waals surface area contributed by atoms with E-state index in [1.165, 1.54) is 0 Å². The summed E-state index contributed by atoms with van der Waals surface area (Å²) in [6.07, 6.45) is 0.294. The average molecular weight is 428 g/mol. The summed E-state index contributed by atoms with van der Waals surface area (Å²) >= 11 is 0. The maximum atomic E-state index is 6.46. The molecule has 1 unspecified atom stereocenters. The van der Waals surface area contributed by atoms with Crippen molar-refractivity contribution in [1.29, 1.82) is 0 Å². The largest absolute Gasteiger partial charge is 0.493 e. The predicted molar refractivity (Wildman–Crippen MR) is 123 cm³/mol. The highest BCUT2D eigenvalue weighted by atomic mass is 16.5. The predicted octanol–water partition coefficient (Wildman–Crippen LogP) is 5.38. The van der Waals surface area contributed by atoms with Gasteiger partial charge in [0.15, 0.2) is 5.69 Å². The van der Waals surface area contributed by atoms with E-state index >= 15 is 0 Å². The van der Waals surface area contributed by atoms with Crippen molar-refractivity contribution in [1.82, 2.24) is 15.2 Å². The molecule has 0 amide bonds. The molecule has 1 atom stereocenters. The molecule has 5 rings (SSSR count). The third-order valence-electron chi connectivity index (χ3n) is 5.26. The van der Waals surface area contributed by atoms with Crippen LogP contribution in [0.3, 0.4) is 0 Å². The van der Waals surface area contributed by atoms with Gasteiger partial charge in [-0.1, -0.05) is 60.6 Å². The van der Waals surface area contributed by atoms with Gasteiger partial charge in [0.2, 0.25) is 12.1 Å². The van der Waals surface area contributed by atoms with Crippen molar-refractivity contribution >= 4 is 16.5 Å². The highest BCUT2D eigenvalue weighted by molar-refractivity contribution is 5.89.